The topological polar surface area (TPSA) is 87.1 Å². The molecule has 1 spiro atoms. The second kappa shape index (κ2) is 9.84. The summed E-state index contributed by atoms with van der Waals surface area (Å²) in [5, 5.41) is 11.2. The van der Waals surface area contributed by atoms with Crippen molar-refractivity contribution >= 4 is 46.8 Å². The smallest absolute Gasteiger partial charge is 0.311 e. The summed E-state index contributed by atoms with van der Waals surface area (Å²) < 4.78 is 3.82. The summed E-state index contributed by atoms with van der Waals surface area (Å²) in [5.41, 5.74) is 1.37. The highest BCUT2D eigenvalue weighted by atomic mass is 35.5. The van der Waals surface area contributed by atoms with Crippen LogP contribution in [0.15, 0.2) is 78.9 Å². The van der Waals surface area contributed by atoms with Gasteiger partial charge in [-0.3, -0.25) is 14.4 Å². The van der Waals surface area contributed by atoms with Crippen LogP contribution in [-0.2, 0) is 19.1 Å². The van der Waals surface area contributed by atoms with Gasteiger partial charge in [-0.05, 0) is 43.2 Å². The lowest BCUT2D eigenvalue weighted by Crippen LogP contribution is -2.54. The molecule has 4 heterocycles. The van der Waals surface area contributed by atoms with E-state index in [4.69, 9.17) is 16.3 Å². The SMILES string of the molecule is C[C@]12C=CCCOC(=O)[C@H]1[C@H]1C(=O)N([C@H](CO)c3ccccc3)C3C(=O)N(c4ccc(Cl)cc4)CC=C[C@@]31S2. The molecule has 2 fully saturated rings. The van der Waals surface area contributed by atoms with Crippen molar-refractivity contribution in [1.29, 1.82) is 0 Å². The van der Waals surface area contributed by atoms with Gasteiger partial charge in [0.2, 0.25) is 5.91 Å². The summed E-state index contributed by atoms with van der Waals surface area (Å²) in [6.07, 6.45) is 8.46. The standard InChI is InChI=1S/C30H29ClN2O5S/c1-29-14-5-6-17-38-28(37)24(29)23-26(35)33(22(18-34)19-8-3-2-4-9-19)25-27(36)32(16-7-15-30(23,25)39-29)21-12-10-20(31)11-13-21/h2-5,7-15,22-25,34H,6,16-18H2,1H3/t22-,23+,24-,25?,29+,30+/m1/s1. The molecule has 0 bridgehead atoms. The Morgan fingerprint density at radius 2 is 1.77 bits per heavy atom. The monoisotopic (exact) mass is 564 g/mol. The highest BCUT2D eigenvalue weighted by molar-refractivity contribution is 8.02. The lowest BCUT2D eigenvalue weighted by Gasteiger charge is -2.40. The van der Waals surface area contributed by atoms with Crippen LogP contribution in [0.4, 0.5) is 5.69 Å². The molecule has 202 valence electrons. The molecule has 1 N–H and O–H groups in total. The fourth-order valence-corrected chi connectivity index (χ4v) is 8.91. The van der Waals surface area contributed by atoms with Crippen molar-refractivity contribution in [1.82, 2.24) is 4.90 Å². The van der Waals surface area contributed by atoms with Crippen molar-refractivity contribution < 1.29 is 24.2 Å². The van der Waals surface area contributed by atoms with Crippen LogP contribution in [-0.4, -0.2) is 63.1 Å². The minimum atomic E-state index is -1.04. The zero-order chi connectivity index (χ0) is 27.4. The number of aliphatic hydroxyl groups is 1. The third-order valence-electron chi connectivity index (χ3n) is 8.29. The molecule has 6 rings (SSSR count). The first-order valence-electron chi connectivity index (χ1n) is 13.1. The van der Waals surface area contributed by atoms with Gasteiger partial charge in [-0.15, -0.1) is 11.8 Å². The summed E-state index contributed by atoms with van der Waals surface area (Å²) >= 11 is 7.61. The van der Waals surface area contributed by atoms with Crippen molar-refractivity contribution in [2.24, 2.45) is 11.8 Å². The van der Waals surface area contributed by atoms with E-state index in [0.717, 1.165) is 5.56 Å². The number of aliphatic hydroxyl groups excluding tert-OH is 1. The number of cyclic esters (lactones) is 1. The number of rotatable bonds is 4. The third kappa shape index (κ3) is 4.03. The lowest BCUT2D eigenvalue weighted by molar-refractivity contribution is -0.154. The van der Waals surface area contributed by atoms with Crippen molar-refractivity contribution in [2.45, 2.75) is 34.9 Å². The first-order chi connectivity index (χ1) is 18.8. The van der Waals surface area contributed by atoms with E-state index >= 15 is 0 Å². The first-order valence-corrected chi connectivity index (χ1v) is 14.3. The number of esters is 1. The van der Waals surface area contributed by atoms with Crippen molar-refractivity contribution in [3.05, 3.63) is 89.5 Å². The molecule has 0 radical (unpaired) electrons. The summed E-state index contributed by atoms with van der Waals surface area (Å²) in [6.45, 7) is 2.12. The van der Waals surface area contributed by atoms with E-state index in [0.29, 0.717) is 23.7 Å². The summed E-state index contributed by atoms with van der Waals surface area (Å²) in [5.74, 6) is -2.64. The Hall–Kier alpha value is -3.07. The Morgan fingerprint density at radius 1 is 1.03 bits per heavy atom. The number of benzene rings is 2. The highest BCUT2D eigenvalue weighted by Crippen LogP contribution is 2.66. The predicted octanol–water partition coefficient (Wildman–Crippen LogP) is 4.17. The number of nitrogens with zero attached hydrogens (tertiary/aromatic N) is 2. The van der Waals surface area contributed by atoms with E-state index in [-0.39, 0.29) is 25.0 Å². The maximum atomic E-state index is 14.6. The van der Waals surface area contributed by atoms with E-state index in [1.165, 1.54) is 16.7 Å². The van der Waals surface area contributed by atoms with Gasteiger partial charge < -0.3 is 19.6 Å². The molecule has 2 aromatic carbocycles. The Labute approximate surface area is 236 Å². The minimum Gasteiger partial charge on any atom is -0.465 e. The van der Waals surface area contributed by atoms with E-state index < -0.39 is 39.4 Å². The second-order valence-electron chi connectivity index (χ2n) is 10.5. The molecule has 2 saturated heterocycles. The molecule has 39 heavy (non-hydrogen) atoms. The largest absolute Gasteiger partial charge is 0.465 e. The van der Waals surface area contributed by atoms with Crippen LogP contribution in [0, 0.1) is 11.8 Å². The number of thioether (sulfide) groups is 1. The number of halogens is 1. The number of amides is 2. The first kappa shape index (κ1) is 26.2. The van der Waals surface area contributed by atoms with E-state index in [2.05, 4.69) is 0 Å². The second-order valence-corrected chi connectivity index (χ2v) is 12.8. The number of likely N-dealkylation sites (tertiary alicyclic amines) is 1. The zero-order valence-corrected chi connectivity index (χ0v) is 23.0. The molecule has 0 saturated carbocycles. The van der Waals surface area contributed by atoms with Crippen LogP contribution < -0.4 is 4.90 Å². The Morgan fingerprint density at radius 3 is 2.49 bits per heavy atom. The molecule has 1 unspecified atom stereocenters. The average molecular weight is 565 g/mol. The van der Waals surface area contributed by atoms with Gasteiger partial charge >= 0.3 is 5.97 Å². The number of ether oxygens (including phenoxy) is 1. The van der Waals surface area contributed by atoms with Gasteiger partial charge in [0.05, 0.1) is 35.8 Å². The number of fused-ring (bicyclic) bond motifs is 2. The summed E-state index contributed by atoms with van der Waals surface area (Å²) in [6, 6.07) is 14.5. The zero-order valence-electron chi connectivity index (χ0n) is 21.4. The molecule has 4 aliphatic heterocycles. The lowest BCUT2D eigenvalue weighted by atomic mass is 9.74. The predicted molar refractivity (Wildman–Crippen MR) is 150 cm³/mol. The molecule has 2 aromatic rings. The van der Waals surface area contributed by atoms with Gasteiger partial charge in [-0.2, -0.15) is 0 Å². The molecule has 0 aliphatic carbocycles. The molecule has 0 aromatic heterocycles. The van der Waals surface area contributed by atoms with Crippen molar-refractivity contribution in [2.75, 3.05) is 24.7 Å². The normalized spacial score (nSPS) is 32.6. The van der Waals surface area contributed by atoms with Crippen molar-refractivity contribution in [3.63, 3.8) is 0 Å². The molecule has 9 heteroatoms. The third-order valence-corrected chi connectivity index (χ3v) is 10.3. The van der Waals surface area contributed by atoms with E-state index in [1.807, 2.05) is 61.6 Å². The fourth-order valence-electron chi connectivity index (χ4n) is 6.65. The number of carbonyl (C=O) groups is 3. The molecular formula is C30H29ClN2O5S. The fraction of sp³-hybridized carbons (Fsp3) is 0.367. The molecule has 4 aliphatic rings. The van der Waals surface area contributed by atoms with E-state index in [9.17, 15) is 19.5 Å². The number of anilines is 1. The molecule has 6 atom stereocenters. The maximum absolute atomic E-state index is 14.6. The van der Waals surface area contributed by atoms with Crippen LogP contribution >= 0.6 is 23.4 Å². The van der Waals surface area contributed by atoms with Gasteiger partial charge in [-0.25, -0.2) is 0 Å². The van der Waals surface area contributed by atoms with Gasteiger partial charge in [0.15, 0.2) is 0 Å². The van der Waals surface area contributed by atoms with Crippen LogP contribution in [0.3, 0.4) is 0 Å². The Balaban J connectivity index is 1.54. The minimum absolute atomic E-state index is 0.246. The number of carbonyl (C=O) groups excluding carboxylic acids is 3. The summed E-state index contributed by atoms with van der Waals surface area (Å²) in [7, 11) is 0. The average Bonchev–Trinajstić information content (AvgIpc) is 3.24. The van der Waals surface area contributed by atoms with Gasteiger partial charge in [0.1, 0.15) is 6.04 Å². The van der Waals surface area contributed by atoms with Crippen LogP contribution in [0.5, 0.6) is 0 Å². The van der Waals surface area contributed by atoms with E-state index in [1.54, 1.807) is 29.2 Å². The van der Waals surface area contributed by atoms with Crippen molar-refractivity contribution in [3.8, 4) is 0 Å². The maximum Gasteiger partial charge on any atom is 0.311 e. The molecular weight excluding hydrogens is 536 g/mol. The number of hydrogen-bond donors (Lipinski definition) is 1. The number of hydrogen-bond acceptors (Lipinski definition) is 6. The molecule has 7 nitrogen and oxygen atoms in total. The highest BCUT2D eigenvalue weighted by Gasteiger charge is 2.74. The van der Waals surface area contributed by atoms with Crippen LogP contribution in [0.1, 0.15) is 24.9 Å². The Kier molecular flexibility index (Phi) is 6.60. The van der Waals surface area contributed by atoms with Gasteiger partial charge in [0, 0.05) is 22.0 Å². The molecule has 2 amide bonds. The van der Waals surface area contributed by atoms with Crippen LogP contribution in [0.25, 0.3) is 0 Å². The van der Waals surface area contributed by atoms with Gasteiger partial charge in [0.25, 0.3) is 5.91 Å². The van der Waals surface area contributed by atoms with Crippen LogP contribution in [0.2, 0.25) is 5.02 Å². The Bertz CT molecular complexity index is 1370. The quantitative estimate of drug-likeness (QED) is 0.443. The summed E-state index contributed by atoms with van der Waals surface area (Å²) in [4.78, 5) is 45.8. The van der Waals surface area contributed by atoms with Gasteiger partial charge in [-0.1, -0.05) is 66.2 Å².